The highest BCUT2D eigenvalue weighted by atomic mass is 32.1. The summed E-state index contributed by atoms with van der Waals surface area (Å²) in [6.45, 7) is 2.40. The molecule has 82 valence electrons. The van der Waals surface area contributed by atoms with Crippen molar-refractivity contribution in [1.29, 1.82) is 0 Å². The van der Waals surface area contributed by atoms with Crippen LogP contribution in [0.3, 0.4) is 0 Å². The van der Waals surface area contributed by atoms with E-state index < -0.39 is 0 Å². The van der Waals surface area contributed by atoms with Crippen molar-refractivity contribution >= 4 is 17.2 Å². The molecule has 0 saturated heterocycles. The number of hydrogen-bond donors (Lipinski definition) is 1. The van der Waals surface area contributed by atoms with Crippen molar-refractivity contribution in [3.05, 3.63) is 40.4 Å². The lowest BCUT2D eigenvalue weighted by Crippen LogP contribution is -2.23. The maximum atomic E-state index is 11.6. The zero-order valence-corrected chi connectivity index (χ0v) is 9.49. The van der Waals surface area contributed by atoms with Crippen LogP contribution in [0.1, 0.15) is 21.1 Å². The van der Waals surface area contributed by atoms with Gasteiger partial charge in [-0.1, -0.05) is 0 Å². The fourth-order valence-electron chi connectivity index (χ4n) is 1.16. The van der Waals surface area contributed by atoms with Gasteiger partial charge in [0, 0.05) is 17.3 Å². The van der Waals surface area contributed by atoms with Crippen LogP contribution in [-0.4, -0.2) is 20.9 Å². The number of nitrogens with one attached hydrogen (secondary N) is 1. The highest BCUT2D eigenvalue weighted by molar-refractivity contribution is 7.09. The van der Waals surface area contributed by atoms with Crippen molar-refractivity contribution in [3.8, 4) is 0 Å². The smallest absolute Gasteiger partial charge is 0.271 e. The van der Waals surface area contributed by atoms with E-state index in [1.165, 1.54) is 29.9 Å². The monoisotopic (exact) mass is 234 g/mol. The number of aromatic nitrogens is 3. The molecule has 2 heterocycles. The Bertz CT molecular complexity index is 483. The number of hydrogen-bond acceptors (Lipinski definition) is 5. The van der Waals surface area contributed by atoms with Gasteiger partial charge in [-0.05, 0) is 6.92 Å². The van der Waals surface area contributed by atoms with Crippen LogP contribution in [0.2, 0.25) is 0 Å². The molecule has 6 heteroatoms. The normalized spacial score (nSPS) is 10.1. The fraction of sp³-hybridized carbons (Fsp3) is 0.200. The summed E-state index contributed by atoms with van der Waals surface area (Å²) in [4.78, 5) is 24.5. The third-order valence-corrected chi connectivity index (χ3v) is 2.99. The Kier molecular flexibility index (Phi) is 3.21. The van der Waals surface area contributed by atoms with Gasteiger partial charge in [0.15, 0.2) is 0 Å². The first-order valence-electron chi connectivity index (χ1n) is 4.70. The summed E-state index contributed by atoms with van der Waals surface area (Å²) in [6, 6.07) is 0. The van der Waals surface area contributed by atoms with E-state index in [-0.39, 0.29) is 5.91 Å². The Labute approximate surface area is 96.6 Å². The number of thiazole rings is 1. The minimum absolute atomic E-state index is 0.221. The fourth-order valence-corrected chi connectivity index (χ4v) is 1.88. The van der Waals surface area contributed by atoms with E-state index in [2.05, 4.69) is 20.3 Å². The molecule has 0 spiro atoms. The second-order valence-electron chi connectivity index (χ2n) is 3.13. The Hall–Kier alpha value is -1.82. The zero-order valence-electron chi connectivity index (χ0n) is 8.67. The van der Waals surface area contributed by atoms with Crippen LogP contribution in [0.25, 0.3) is 0 Å². The molecular formula is C10H10N4OS. The third-order valence-electron chi connectivity index (χ3n) is 2.05. The van der Waals surface area contributed by atoms with Crippen LogP contribution in [-0.2, 0) is 6.54 Å². The van der Waals surface area contributed by atoms with Gasteiger partial charge in [0.2, 0.25) is 0 Å². The van der Waals surface area contributed by atoms with Gasteiger partial charge in [0.1, 0.15) is 5.69 Å². The Morgan fingerprint density at radius 3 is 2.94 bits per heavy atom. The van der Waals surface area contributed by atoms with E-state index in [1.807, 2.05) is 6.92 Å². The molecular weight excluding hydrogens is 224 g/mol. The molecule has 0 aliphatic heterocycles. The predicted molar refractivity (Wildman–Crippen MR) is 60.1 cm³/mol. The van der Waals surface area contributed by atoms with Crippen LogP contribution in [0, 0.1) is 6.92 Å². The van der Waals surface area contributed by atoms with E-state index >= 15 is 0 Å². The average molecular weight is 234 g/mol. The topological polar surface area (TPSA) is 67.8 Å². The van der Waals surface area contributed by atoms with E-state index in [1.54, 1.807) is 5.51 Å². The lowest BCUT2D eigenvalue weighted by molar-refractivity contribution is 0.0946. The second kappa shape index (κ2) is 4.80. The largest absolute Gasteiger partial charge is 0.346 e. The van der Waals surface area contributed by atoms with Gasteiger partial charge in [-0.25, -0.2) is 9.97 Å². The molecule has 0 aliphatic rings. The van der Waals surface area contributed by atoms with Crippen molar-refractivity contribution in [3.63, 3.8) is 0 Å². The molecule has 1 N–H and O–H groups in total. The lowest BCUT2D eigenvalue weighted by atomic mass is 10.3. The number of carbonyl (C=O) groups excluding carboxylic acids is 1. The molecule has 0 atom stereocenters. The van der Waals surface area contributed by atoms with Gasteiger partial charge in [0.25, 0.3) is 5.91 Å². The molecule has 5 nitrogen and oxygen atoms in total. The predicted octanol–water partition coefficient (Wildman–Crippen LogP) is 1.17. The molecule has 0 bridgehead atoms. The number of aryl methyl sites for hydroxylation is 1. The zero-order chi connectivity index (χ0) is 11.4. The molecule has 0 fully saturated rings. The van der Waals surface area contributed by atoms with Gasteiger partial charge in [-0.15, -0.1) is 11.3 Å². The Balaban J connectivity index is 1.97. The minimum atomic E-state index is -0.221. The van der Waals surface area contributed by atoms with Crippen molar-refractivity contribution in [2.24, 2.45) is 0 Å². The molecule has 0 unspecified atom stereocenters. The SMILES string of the molecule is Cc1ncsc1CNC(=O)c1cnccn1. The van der Waals surface area contributed by atoms with Gasteiger partial charge >= 0.3 is 0 Å². The minimum Gasteiger partial charge on any atom is -0.346 e. The van der Waals surface area contributed by atoms with Crippen molar-refractivity contribution < 1.29 is 4.79 Å². The van der Waals surface area contributed by atoms with Crippen LogP contribution in [0.15, 0.2) is 24.1 Å². The molecule has 0 radical (unpaired) electrons. The van der Waals surface area contributed by atoms with Crippen molar-refractivity contribution in [2.45, 2.75) is 13.5 Å². The first-order valence-corrected chi connectivity index (χ1v) is 5.58. The molecule has 2 aromatic rings. The van der Waals surface area contributed by atoms with Gasteiger partial charge < -0.3 is 5.32 Å². The number of carbonyl (C=O) groups is 1. The quantitative estimate of drug-likeness (QED) is 0.865. The number of nitrogens with zero attached hydrogens (tertiary/aromatic N) is 3. The highest BCUT2D eigenvalue weighted by Crippen LogP contribution is 2.11. The van der Waals surface area contributed by atoms with E-state index in [0.29, 0.717) is 12.2 Å². The van der Waals surface area contributed by atoms with Crippen LogP contribution < -0.4 is 5.32 Å². The standard InChI is InChI=1S/C10H10N4OS/c1-7-9(16-6-14-7)5-13-10(15)8-4-11-2-3-12-8/h2-4,6H,5H2,1H3,(H,13,15). The number of rotatable bonds is 3. The summed E-state index contributed by atoms with van der Waals surface area (Å²) < 4.78 is 0. The molecule has 2 rings (SSSR count). The van der Waals surface area contributed by atoms with Crippen molar-refractivity contribution in [2.75, 3.05) is 0 Å². The van der Waals surface area contributed by atoms with E-state index in [0.717, 1.165) is 10.6 Å². The molecule has 0 aromatic carbocycles. The molecule has 16 heavy (non-hydrogen) atoms. The van der Waals surface area contributed by atoms with Crippen LogP contribution in [0.5, 0.6) is 0 Å². The van der Waals surface area contributed by atoms with Crippen LogP contribution in [0.4, 0.5) is 0 Å². The first-order chi connectivity index (χ1) is 7.77. The Morgan fingerprint density at radius 1 is 1.44 bits per heavy atom. The summed E-state index contributed by atoms with van der Waals surface area (Å²) in [5.41, 5.74) is 3.04. The van der Waals surface area contributed by atoms with E-state index in [4.69, 9.17) is 0 Å². The van der Waals surface area contributed by atoms with Gasteiger partial charge in [-0.2, -0.15) is 0 Å². The maximum absolute atomic E-state index is 11.6. The van der Waals surface area contributed by atoms with Crippen molar-refractivity contribution in [1.82, 2.24) is 20.3 Å². The third kappa shape index (κ3) is 2.40. The van der Waals surface area contributed by atoms with Crippen LogP contribution >= 0.6 is 11.3 Å². The van der Waals surface area contributed by atoms with Gasteiger partial charge in [0.05, 0.1) is 23.9 Å². The Morgan fingerprint density at radius 2 is 2.31 bits per heavy atom. The van der Waals surface area contributed by atoms with Gasteiger partial charge in [-0.3, -0.25) is 9.78 Å². The highest BCUT2D eigenvalue weighted by Gasteiger charge is 2.08. The summed E-state index contributed by atoms with van der Waals surface area (Å²) >= 11 is 1.52. The maximum Gasteiger partial charge on any atom is 0.271 e. The molecule has 0 aliphatic carbocycles. The summed E-state index contributed by atoms with van der Waals surface area (Å²) in [6.07, 6.45) is 4.46. The summed E-state index contributed by atoms with van der Waals surface area (Å²) in [5, 5.41) is 2.77. The first kappa shape index (κ1) is 10.7. The van der Waals surface area contributed by atoms with E-state index in [9.17, 15) is 4.79 Å². The number of amides is 1. The molecule has 0 saturated carbocycles. The molecule has 1 amide bonds. The lowest BCUT2D eigenvalue weighted by Gasteiger charge is -2.02. The molecule has 2 aromatic heterocycles. The summed E-state index contributed by atoms with van der Waals surface area (Å²) in [5.74, 6) is -0.221. The summed E-state index contributed by atoms with van der Waals surface area (Å²) in [7, 11) is 0. The second-order valence-corrected chi connectivity index (χ2v) is 4.07. The average Bonchev–Trinajstić information content (AvgIpc) is 2.73.